The third-order valence-corrected chi connectivity index (χ3v) is 4.56. The lowest BCUT2D eigenvalue weighted by Gasteiger charge is -2.33. The summed E-state index contributed by atoms with van der Waals surface area (Å²) in [6.07, 6.45) is 4.93. The average molecular weight is 342 g/mol. The van der Waals surface area contributed by atoms with E-state index in [1.807, 2.05) is 29.2 Å². The number of amides is 1. The van der Waals surface area contributed by atoms with Gasteiger partial charge in [-0.15, -0.1) is 0 Å². The molecular formula is C19H26N4O2. The minimum Gasteiger partial charge on any atom is -0.375 e. The highest BCUT2D eigenvalue weighted by atomic mass is 16.5. The number of carbonyl (C=O) groups excluding carboxylic acids is 1. The number of H-pyrrole nitrogens is 1. The van der Waals surface area contributed by atoms with Crippen LogP contribution in [-0.4, -0.2) is 51.8 Å². The Morgan fingerprint density at radius 2 is 2.24 bits per heavy atom. The average Bonchev–Trinajstić information content (AvgIpc) is 3.15. The summed E-state index contributed by atoms with van der Waals surface area (Å²) in [7, 11) is 0. The molecule has 1 saturated heterocycles. The van der Waals surface area contributed by atoms with Crippen molar-refractivity contribution >= 4 is 5.91 Å². The van der Waals surface area contributed by atoms with Gasteiger partial charge in [-0.1, -0.05) is 44.9 Å². The van der Waals surface area contributed by atoms with Gasteiger partial charge in [0.05, 0.1) is 18.3 Å². The van der Waals surface area contributed by atoms with Gasteiger partial charge in [-0.3, -0.25) is 9.89 Å². The molecule has 1 aromatic heterocycles. The number of benzene rings is 1. The minimum absolute atomic E-state index is 0.0316. The molecule has 1 fully saturated rings. The highest BCUT2D eigenvalue weighted by molar-refractivity contribution is 6.00. The van der Waals surface area contributed by atoms with E-state index in [0.29, 0.717) is 37.0 Å². The van der Waals surface area contributed by atoms with Crippen molar-refractivity contribution < 1.29 is 9.53 Å². The number of rotatable bonds is 6. The molecule has 1 atom stereocenters. The Balaban J connectivity index is 1.69. The van der Waals surface area contributed by atoms with E-state index < -0.39 is 0 Å². The van der Waals surface area contributed by atoms with Crippen LogP contribution in [0.25, 0.3) is 11.4 Å². The van der Waals surface area contributed by atoms with Crippen molar-refractivity contribution in [1.29, 1.82) is 0 Å². The Hall–Kier alpha value is -2.21. The molecular weight excluding hydrogens is 316 g/mol. The zero-order valence-electron chi connectivity index (χ0n) is 14.9. The number of ether oxygens (including phenoxy) is 1. The molecule has 1 aliphatic heterocycles. The molecule has 134 valence electrons. The van der Waals surface area contributed by atoms with E-state index in [-0.39, 0.29) is 12.0 Å². The summed E-state index contributed by atoms with van der Waals surface area (Å²) in [6, 6.07) is 7.54. The normalized spacial score (nSPS) is 17.9. The first-order chi connectivity index (χ1) is 12.1. The van der Waals surface area contributed by atoms with Crippen LogP contribution in [-0.2, 0) is 4.74 Å². The number of nitrogens with one attached hydrogen (secondary N) is 1. The number of aromatic amines is 1. The van der Waals surface area contributed by atoms with Gasteiger partial charge >= 0.3 is 0 Å². The largest absolute Gasteiger partial charge is 0.375 e. The second-order valence-electron chi connectivity index (χ2n) is 6.95. The topological polar surface area (TPSA) is 71.1 Å². The molecule has 2 aromatic rings. The van der Waals surface area contributed by atoms with E-state index in [1.54, 1.807) is 0 Å². The van der Waals surface area contributed by atoms with Crippen LogP contribution in [0.1, 0.15) is 43.5 Å². The minimum atomic E-state index is 0.0316. The first kappa shape index (κ1) is 17.6. The fraction of sp³-hybridized carbons (Fsp3) is 0.526. The summed E-state index contributed by atoms with van der Waals surface area (Å²) in [6.45, 7) is 6.35. The summed E-state index contributed by atoms with van der Waals surface area (Å²) >= 11 is 0. The van der Waals surface area contributed by atoms with Crippen molar-refractivity contribution in [2.75, 3.05) is 19.7 Å². The second-order valence-corrected chi connectivity index (χ2v) is 6.95. The Morgan fingerprint density at radius 3 is 3.00 bits per heavy atom. The number of aromatic nitrogens is 3. The summed E-state index contributed by atoms with van der Waals surface area (Å²) in [5.41, 5.74) is 1.44. The number of hydrogen-bond donors (Lipinski definition) is 1. The SMILES string of the molecule is CC(C)CCC[C@H]1CN(C(=O)c2ccccc2-c2ncn[nH]2)CCO1. The number of morpholine rings is 1. The number of nitrogens with zero attached hydrogens (tertiary/aromatic N) is 3. The summed E-state index contributed by atoms with van der Waals surface area (Å²) in [5.74, 6) is 1.35. The van der Waals surface area contributed by atoms with Gasteiger partial charge in [0.15, 0.2) is 5.82 Å². The molecule has 0 aliphatic carbocycles. The standard InChI is InChI=1S/C19H26N4O2/c1-14(2)6-5-7-15-12-23(10-11-25-15)19(24)17-9-4-3-8-16(17)18-20-13-21-22-18/h3-4,8-9,13-15H,5-7,10-12H2,1-2H3,(H,20,21,22)/t15-/m0/s1. The Labute approximate surface area is 148 Å². The molecule has 0 bridgehead atoms. The maximum atomic E-state index is 13.1. The van der Waals surface area contributed by atoms with Crippen LogP contribution >= 0.6 is 0 Å². The first-order valence-electron chi connectivity index (χ1n) is 9.00. The van der Waals surface area contributed by atoms with E-state index in [1.165, 1.54) is 12.7 Å². The molecule has 2 heterocycles. The van der Waals surface area contributed by atoms with Crippen LogP contribution in [0.2, 0.25) is 0 Å². The van der Waals surface area contributed by atoms with Crippen molar-refractivity contribution in [2.45, 2.75) is 39.2 Å². The molecule has 1 aliphatic rings. The van der Waals surface area contributed by atoms with E-state index in [4.69, 9.17) is 4.74 Å². The van der Waals surface area contributed by atoms with Gasteiger partial charge in [0.2, 0.25) is 0 Å². The summed E-state index contributed by atoms with van der Waals surface area (Å²) in [4.78, 5) is 19.1. The summed E-state index contributed by atoms with van der Waals surface area (Å²) < 4.78 is 5.86. The van der Waals surface area contributed by atoms with Crippen LogP contribution in [0.3, 0.4) is 0 Å². The zero-order chi connectivity index (χ0) is 17.6. The van der Waals surface area contributed by atoms with Gasteiger partial charge in [0.1, 0.15) is 6.33 Å². The molecule has 0 unspecified atom stereocenters. The Morgan fingerprint density at radius 1 is 1.40 bits per heavy atom. The highest BCUT2D eigenvalue weighted by Gasteiger charge is 2.26. The van der Waals surface area contributed by atoms with Crippen molar-refractivity contribution in [3.8, 4) is 11.4 Å². The van der Waals surface area contributed by atoms with E-state index in [9.17, 15) is 4.79 Å². The maximum absolute atomic E-state index is 13.1. The summed E-state index contributed by atoms with van der Waals surface area (Å²) in [5, 5.41) is 6.73. The quantitative estimate of drug-likeness (QED) is 0.875. The molecule has 1 amide bonds. The van der Waals surface area contributed by atoms with Crippen LogP contribution in [0, 0.1) is 5.92 Å². The number of hydrogen-bond acceptors (Lipinski definition) is 4. The van der Waals surface area contributed by atoms with Crippen LogP contribution < -0.4 is 0 Å². The maximum Gasteiger partial charge on any atom is 0.254 e. The lowest BCUT2D eigenvalue weighted by molar-refractivity contribution is -0.0259. The Bertz CT molecular complexity index is 684. The molecule has 25 heavy (non-hydrogen) atoms. The first-order valence-corrected chi connectivity index (χ1v) is 9.00. The Kier molecular flexibility index (Phi) is 5.81. The molecule has 0 radical (unpaired) electrons. The lowest BCUT2D eigenvalue weighted by atomic mass is 10.0. The monoisotopic (exact) mass is 342 g/mol. The van der Waals surface area contributed by atoms with Gasteiger partial charge < -0.3 is 9.64 Å². The fourth-order valence-electron chi connectivity index (χ4n) is 3.21. The van der Waals surface area contributed by atoms with Crippen molar-refractivity contribution in [2.24, 2.45) is 5.92 Å². The van der Waals surface area contributed by atoms with Crippen molar-refractivity contribution in [1.82, 2.24) is 20.1 Å². The van der Waals surface area contributed by atoms with Gasteiger partial charge in [-0.2, -0.15) is 5.10 Å². The molecule has 0 spiro atoms. The van der Waals surface area contributed by atoms with Gasteiger partial charge in [-0.05, 0) is 18.4 Å². The lowest BCUT2D eigenvalue weighted by Crippen LogP contribution is -2.45. The molecule has 0 saturated carbocycles. The second kappa shape index (κ2) is 8.25. The fourth-order valence-corrected chi connectivity index (χ4v) is 3.21. The molecule has 1 aromatic carbocycles. The predicted molar refractivity (Wildman–Crippen MR) is 96.2 cm³/mol. The van der Waals surface area contributed by atoms with Crippen LogP contribution in [0.15, 0.2) is 30.6 Å². The van der Waals surface area contributed by atoms with Crippen molar-refractivity contribution in [3.63, 3.8) is 0 Å². The zero-order valence-corrected chi connectivity index (χ0v) is 14.9. The van der Waals surface area contributed by atoms with Gasteiger partial charge in [0, 0.05) is 18.7 Å². The predicted octanol–water partition coefficient (Wildman–Crippen LogP) is 3.14. The van der Waals surface area contributed by atoms with Crippen molar-refractivity contribution in [3.05, 3.63) is 36.2 Å². The molecule has 3 rings (SSSR count). The third-order valence-electron chi connectivity index (χ3n) is 4.56. The highest BCUT2D eigenvalue weighted by Crippen LogP contribution is 2.23. The van der Waals surface area contributed by atoms with Gasteiger partial charge in [0.25, 0.3) is 5.91 Å². The molecule has 6 heteroatoms. The van der Waals surface area contributed by atoms with E-state index >= 15 is 0 Å². The molecule has 1 N–H and O–H groups in total. The van der Waals surface area contributed by atoms with E-state index in [0.717, 1.165) is 18.4 Å². The van der Waals surface area contributed by atoms with Gasteiger partial charge in [-0.25, -0.2) is 4.98 Å². The number of carbonyl (C=O) groups is 1. The van der Waals surface area contributed by atoms with Crippen LogP contribution in [0.4, 0.5) is 0 Å². The smallest absolute Gasteiger partial charge is 0.254 e. The van der Waals surface area contributed by atoms with Crippen LogP contribution in [0.5, 0.6) is 0 Å². The third kappa shape index (κ3) is 4.45. The van der Waals surface area contributed by atoms with E-state index in [2.05, 4.69) is 29.0 Å². The molecule has 6 nitrogen and oxygen atoms in total.